The second-order valence-electron chi connectivity index (χ2n) is 5.44. The van der Waals surface area contributed by atoms with E-state index in [1.54, 1.807) is 13.0 Å². The van der Waals surface area contributed by atoms with Crippen molar-refractivity contribution >= 4 is 11.6 Å². The van der Waals surface area contributed by atoms with Crippen LogP contribution in [0, 0.1) is 6.92 Å². The highest BCUT2D eigenvalue weighted by molar-refractivity contribution is 6.07. The third-order valence-corrected chi connectivity index (χ3v) is 3.86. The van der Waals surface area contributed by atoms with Gasteiger partial charge in [0.25, 0.3) is 5.91 Å². The summed E-state index contributed by atoms with van der Waals surface area (Å²) in [6.45, 7) is 1.71. The Labute approximate surface area is 129 Å². The van der Waals surface area contributed by atoms with E-state index in [1.165, 1.54) is 12.1 Å². The van der Waals surface area contributed by atoms with Gasteiger partial charge < -0.3 is 15.5 Å². The molecule has 2 aromatic carbocycles. The summed E-state index contributed by atoms with van der Waals surface area (Å²) in [5, 5.41) is 23.1. The van der Waals surface area contributed by atoms with Gasteiger partial charge in [-0.05, 0) is 30.7 Å². The number of aliphatic hydroxyl groups is 1. The number of amides is 1. The number of nitrogens with one attached hydrogen (secondary N) is 1. The maximum atomic E-state index is 12.8. The lowest BCUT2D eigenvalue weighted by Crippen LogP contribution is -2.35. The molecule has 0 bridgehead atoms. The van der Waals surface area contributed by atoms with Crippen LogP contribution >= 0.6 is 0 Å². The zero-order chi connectivity index (χ0) is 17.0. The molecule has 2 aromatic rings. The van der Waals surface area contributed by atoms with Crippen LogP contribution in [0.5, 0.6) is 5.75 Å². The van der Waals surface area contributed by atoms with Crippen molar-refractivity contribution < 1.29 is 28.2 Å². The average molecular weight is 323 g/mol. The summed E-state index contributed by atoms with van der Waals surface area (Å²) in [6, 6.07) is 6.91. The van der Waals surface area contributed by atoms with Crippen LogP contribution in [0.2, 0.25) is 0 Å². The van der Waals surface area contributed by atoms with Crippen molar-refractivity contribution in [2.45, 2.75) is 18.7 Å². The number of fused-ring (bicyclic) bond motifs is 1. The lowest BCUT2D eigenvalue weighted by molar-refractivity contribution is -0.137. The van der Waals surface area contributed by atoms with Crippen LogP contribution in [-0.4, -0.2) is 16.1 Å². The van der Waals surface area contributed by atoms with Crippen LogP contribution in [-0.2, 0) is 16.6 Å². The number of halogens is 3. The Balaban J connectivity index is 2.18. The fourth-order valence-corrected chi connectivity index (χ4v) is 2.69. The summed E-state index contributed by atoms with van der Waals surface area (Å²) in [5.74, 6) is -1.22. The Morgan fingerprint density at radius 3 is 2.35 bits per heavy atom. The highest BCUT2D eigenvalue weighted by atomic mass is 19.4. The Bertz CT molecular complexity index is 817. The van der Waals surface area contributed by atoms with Gasteiger partial charge >= 0.3 is 6.18 Å². The van der Waals surface area contributed by atoms with Crippen molar-refractivity contribution in [1.29, 1.82) is 0 Å². The van der Waals surface area contributed by atoms with Gasteiger partial charge in [-0.2, -0.15) is 13.2 Å². The Kier molecular flexibility index (Phi) is 3.16. The van der Waals surface area contributed by atoms with Gasteiger partial charge in [0.1, 0.15) is 5.75 Å². The fraction of sp³-hybridized carbons (Fsp3) is 0.188. The zero-order valence-corrected chi connectivity index (χ0v) is 11.9. The summed E-state index contributed by atoms with van der Waals surface area (Å²) in [4.78, 5) is 12.2. The number of alkyl halides is 3. The molecule has 1 atom stereocenters. The summed E-state index contributed by atoms with van der Waals surface area (Å²) in [7, 11) is 0. The molecule has 3 N–H and O–H groups in total. The number of carbonyl (C=O) groups is 1. The molecular weight excluding hydrogens is 311 g/mol. The number of aryl methyl sites for hydroxylation is 1. The monoisotopic (exact) mass is 323 g/mol. The highest BCUT2D eigenvalue weighted by Gasteiger charge is 2.49. The number of hydrogen-bond acceptors (Lipinski definition) is 3. The van der Waals surface area contributed by atoms with E-state index < -0.39 is 23.2 Å². The van der Waals surface area contributed by atoms with Crippen LogP contribution in [0.25, 0.3) is 0 Å². The fourth-order valence-electron chi connectivity index (χ4n) is 2.69. The lowest BCUT2D eigenvalue weighted by atomic mass is 9.86. The van der Waals surface area contributed by atoms with E-state index in [2.05, 4.69) is 5.32 Å². The van der Waals surface area contributed by atoms with Gasteiger partial charge in [0.15, 0.2) is 5.60 Å². The molecule has 1 amide bonds. The first-order valence-corrected chi connectivity index (χ1v) is 6.69. The number of phenols is 1. The van der Waals surface area contributed by atoms with Gasteiger partial charge in [0, 0.05) is 16.8 Å². The normalized spacial score (nSPS) is 20.3. The molecule has 1 heterocycles. The van der Waals surface area contributed by atoms with Crippen molar-refractivity contribution in [3.63, 3.8) is 0 Å². The molecule has 0 saturated heterocycles. The molecule has 0 saturated carbocycles. The third kappa shape index (κ3) is 2.24. The van der Waals surface area contributed by atoms with Gasteiger partial charge in [-0.1, -0.05) is 18.2 Å². The third-order valence-electron chi connectivity index (χ3n) is 3.86. The first-order chi connectivity index (χ1) is 10.6. The Hall–Kier alpha value is -2.54. The van der Waals surface area contributed by atoms with E-state index in [0.717, 1.165) is 18.2 Å². The first kappa shape index (κ1) is 15.4. The summed E-state index contributed by atoms with van der Waals surface area (Å²) in [5.41, 5.74) is -2.71. The van der Waals surface area contributed by atoms with E-state index in [0.29, 0.717) is 5.56 Å². The molecule has 1 aliphatic rings. The first-order valence-electron chi connectivity index (χ1n) is 6.69. The van der Waals surface area contributed by atoms with Crippen LogP contribution < -0.4 is 5.32 Å². The smallest absolute Gasteiger partial charge is 0.416 e. The van der Waals surface area contributed by atoms with Crippen LogP contribution in [0.4, 0.5) is 18.9 Å². The molecular formula is C16H12F3NO3. The van der Waals surface area contributed by atoms with Crippen molar-refractivity contribution in [1.82, 2.24) is 0 Å². The molecule has 0 radical (unpaired) electrons. The standard InChI is InChI=1S/C16H12F3NO3/c1-8-2-4-11(13(21)6-8)15(23)10-5-3-9(16(17,18)19)7-12(10)20-14(15)22/h2-7,21,23H,1H3,(H,20,22). The molecule has 0 aliphatic carbocycles. The summed E-state index contributed by atoms with van der Waals surface area (Å²) >= 11 is 0. The van der Waals surface area contributed by atoms with Crippen LogP contribution in [0.1, 0.15) is 22.3 Å². The van der Waals surface area contributed by atoms with Crippen molar-refractivity contribution in [3.05, 3.63) is 58.7 Å². The molecule has 120 valence electrons. The number of hydrogen-bond donors (Lipinski definition) is 3. The van der Waals surface area contributed by atoms with Crippen molar-refractivity contribution in [2.24, 2.45) is 0 Å². The minimum atomic E-state index is -4.56. The summed E-state index contributed by atoms with van der Waals surface area (Å²) < 4.78 is 38.3. The minimum absolute atomic E-state index is 0.0327. The van der Waals surface area contributed by atoms with Crippen LogP contribution in [0.15, 0.2) is 36.4 Å². The maximum Gasteiger partial charge on any atom is 0.416 e. The predicted molar refractivity (Wildman–Crippen MR) is 75.9 cm³/mol. The van der Waals surface area contributed by atoms with Crippen molar-refractivity contribution in [2.75, 3.05) is 5.32 Å². The number of carbonyl (C=O) groups excluding carboxylic acids is 1. The maximum absolute atomic E-state index is 12.8. The second-order valence-corrected chi connectivity index (χ2v) is 5.44. The van der Waals surface area contributed by atoms with Gasteiger partial charge in [-0.3, -0.25) is 4.79 Å². The molecule has 4 nitrogen and oxygen atoms in total. The second kappa shape index (κ2) is 4.73. The molecule has 7 heteroatoms. The quantitative estimate of drug-likeness (QED) is 0.756. The number of anilines is 1. The zero-order valence-electron chi connectivity index (χ0n) is 11.9. The molecule has 3 rings (SSSR count). The van der Waals surface area contributed by atoms with E-state index in [-0.39, 0.29) is 22.6 Å². The molecule has 23 heavy (non-hydrogen) atoms. The predicted octanol–water partition coefficient (Wildman–Crippen LogP) is 2.91. The summed E-state index contributed by atoms with van der Waals surface area (Å²) in [6.07, 6.45) is -4.56. The molecule has 1 unspecified atom stereocenters. The van der Waals surface area contributed by atoms with Gasteiger partial charge in [-0.15, -0.1) is 0 Å². The van der Waals surface area contributed by atoms with Crippen molar-refractivity contribution in [3.8, 4) is 5.75 Å². The van der Waals surface area contributed by atoms with Gasteiger partial charge in [0.2, 0.25) is 0 Å². The average Bonchev–Trinajstić information content (AvgIpc) is 2.69. The number of rotatable bonds is 1. The highest BCUT2D eigenvalue weighted by Crippen LogP contribution is 2.45. The minimum Gasteiger partial charge on any atom is -0.508 e. The van der Waals surface area contributed by atoms with E-state index >= 15 is 0 Å². The van der Waals surface area contributed by atoms with E-state index in [9.17, 15) is 28.2 Å². The molecule has 0 spiro atoms. The largest absolute Gasteiger partial charge is 0.508 e. The van der Waals surface area contributed by atoms with Gasteiger partial charge in [-0.25, -0.2) is 0 Å². The number of phenolic OH excluding ortho intramolecular Hbond substituents is 1. The molecule has 0 fully saturated rings. The Morgan fingerprint density at radius 1 is 1.09 bits per heavy atom. The SMILES string of the molecule is Cc1ccc(C2(O)C(=O)Nc3cc(C(F)(F)F)ccc32)c(O)c1. The lowest BCUT2D eigenvalue weighted by Gasteiger charge is -2.22. The number of benzene rings is 2. The molecule has 1 aliphatic heterocycles. The van der Waals surface area contributed by atoms with Gasteiger partial charge in [0.05, 0.1) is 5.56 Å². The van der Waals surface area contributed by atoms with E-state index in [4.69, 9.17) is 0 Å². The van der Waals surface area contributed by atoms with Crippen LogP contribution in [0.3, 0.4) is 0 Å². The number of aromatic hydroxyl groups is 1. The Morgan fingerprint density at radius 2 is 1.74 bits per heavy atom. The molecule has 0 aromatic heterocycles. The topological polar surface area (TPSA) is 69.6 Å². The van der Waals surface area contributed by atoms with E-state index in [1.807, 2.05) is 0 Å².